The molecule has 648 valence electrons. The van der Waals surface area contributed by atoms with E-state index in [2.05, 4.69) is 199 Å². The summed E-state index contributed by atoms with van der Waals surface area (Å²) in [6, 6.07) is 165. The van der Waals surface area contributed by atoms with Gasteiger partial charge in [0, 0.05) is 134 Å². The van der Waals surface area contributed by atoms with Crippen LogP contribution in [0.2, 0.25) is 0 Å². The zero-order chi connectivity index (χ0) is 87.0. The summed E-state index contributed by atoms with van der Waals surface area (Å²) in [5.41, 5.74) is 32.3. The predicted molar refractivity (Wildman–Crippen MR) is 518 cm³/mol. The molecule has 0 amide bonds. The van der Waals surface area contributed by atoms with Crippen molar-refractivity contribution in [2.45, 2.75) is 41.5 Å². The summed E-state index contributed by atoms with van der Waals surface area (Å²) in [7, 11) is 0. The Morgan fingerprint density at radius 1 is 0.185 bits per heavy atom. The van der Waals surface area contributed by atoms with E-state index >= 15 is 0 Å². The molecule has 0 saturated carbocycles. The molecule has 8 aromatic heterocycles. The molecular weight excluding hydrogens is 2300 g/mol. The van der Waals surface area contributed by atoms with Gasteiger partial charge in [-0.25, -0.2) is 0 Å². The molecule has 0 aliphatic rings. The Balaban J connectivity index is 0.000000168. The van der Waals surface area contributed by atoms with Gasteiger partial charge in [-0.05, 0) is 151 Å². The third-order valence-electron chi connectivity index (χ3n) is 19.5. The quantitative estimate of drug-likeness (QED) is 0.111. The van der Waals surface area contributed by atoms with Crippen LogP contribution in [-0.4, -0.2) is 39.9 Å². The molecule has 12 aromatic carbocycles. The van der Waals surface area contributed by atoms with Crippen LogP contribution in [-0.2, 0) is 80.4 Å². The fraction of sp³-hybridized carbons (Fsp3) is 0.0508. The van der Waals surface area contributed by atoms with Gasteiger partial charge >= 0.3 is 0 Å². The molecule has 0 atom stereocenters. The third kappa shape index (κ3) is 31.7. The van der Waals surface area contributed by atoms with Crippen LogP contribution >= 0.6 is 0 Å². The molecule has 0 bridgehead atoms. The standard InChI is InChI=1S/2C18H14N.2C17H12N.4C12H10N.4Ir/c1-14-12-18(16-10-6-3-7-11-16)19-13-17(14)15-8-4-2-5-9-15;1-14-11-12-19-18(13-14)17-9-7-16(8-10-17)15-5-3-2-4-6-15;1-3-7-14(8-4-1)16-11-12-17(18-13-16)15-9-5-2-6-10-15;1-2-7-14(8-3-1)15-9-6-10-16(13-15)17-11-4-5-12-18-17;3*1-10-6-5-9-12(13-10)11-7-3-2-4-8-11;1-10-7-8-12(13-9-10)11-5-3-2-4-6-11;;;;/h2-10,12-13H,1H3;2-9,11-13H,1H3;2*1-9,11-13H;3*2-7,9H,1H3;2-5,7-9H,1H3;;;;/q8*-1;;;;. The van der Waals surface area contributed by atoms with Crippen molar-refractivity contribution in [1.29, 1.82) is 0 Å². The van der Waals surface area contributed by atoms with Crippen LogP contribution in [0.5, 0.6) is 0 Å². The topological polar surface area (TPSA) is 103 Å². The Kier molecular flexibility index (Phi) is 42.1. The van der Waals surface area contributed by atoms with Crippen LogP contribution in [0.1, 0.15) is 33.8 Å². The van der Waals surface area contributed by atoms with Gasteiger partial charge in [-0.15, -0.1) is 281 Å². The van der Waals surface area contributed by atoms with Gasteiger partial charge in [-0.3, -0.25) is 0 Å². The Hall–Kier alpha value is -13.6. The first kappa shape index (κ1) is 100. The van der Waals surface area contributed by atoms with Gasteiger partial charge in [0.1, 0.15) is 0 Å². The van der Waals surface area contributed by atoms with E-state index in [9.17, 15) is 0 Å². The number of hydrogen-bond donors (Lipinski definition) is 0. The molecule has 0 spiro atoms. The minimum Gasteiger partial charge on any atom is -0.305 e. The molecule has 0 aliphatic carbocycles. The summed E-state index contributed by atoms with van der Waals surface area (Å²) < 4.78 is 0. The molecule has 130 heavy (non-hydrogen) atoms. The zero-order valence-electron chi connectivity index (χ0n) is 72.6. The molecule has 0 fully saturated rings. The van der Waals surface area contributed by atoms with E-state index in [1.165, 1.54) is 55.6 Å². The molecule has 20 rings (SSSR count). The Labute approximate surface area is 820 Å². The first-order valence-corrected chi connectivity index (χ1v) is 41.6. The minimum absolute atomic E-state index is 0. The summed E-state index contributed by atoms with van der Waals surface area (Å²) in [6.45, 7) is 12.2. The maximum atomic E-state index is 4.55. The Morgan fingerprint density at radius 2 is 0.538 bits per heavy atom. The summed E-state index contributed by atoms with van der Waals surface area (Å²) in [5, 5.41) is 0. The van der Waals surface area contributed by atoms with Crippen molar-refractivity contribution < 1.29 is 80.4 Å². The zero-order valence-corrected chi connectivity index (χ0v) is 82.2. The molecule has 20 aromatic rings. The van der Waals surface area contributed by atoms with Crippen LogP contribution in [0.15, 0.2) is 450 Å². The average molecular weight is 2390 g/mol. The van der Waals surface area contributed by atoms with Crippen molar-refractivity contribution in [3.63, 3.8) is 0 Å². The SMILES string of the molecule is Cc1cc(-c2[c-]cccc2)ncc1-c1ccccc1.Cc1ccc(-c2[c-]cccc2)nc1.Cc1cccc(-c2[c-]cccc2)n1.Cc1cccc(-c2[c-]cccc2)n1.Cc1cccc(-c2[c-]cccc2)n1.Cc1ccnc(-c2[c-]cc(-c3ccccc3)cc2)c1.[Ir].[Ir].[Ir].[Ir].[c-]1ccc(-c2ccccc2)cc1-c1ccccn1.[c-]1ccccc1-c1ccc(-c2ccccc2)cn1. The van der Waals surface area contributed by atoms with Crippen LogP contribution in [0.4, 0.5) is 0 Å². The van der Waals surface area contributed by atoms with Gasteiger partial charge in [0.15, 0.2) is 0 Å². The molecule has 8 heterocycles. The van der Waals surface area contributed by atoms with Crippen molar-refractivity contribution in [3.05, 3.63) is 532 Å². The Morgan fingerprint density at radius 3 is 0.923 bits per heavy atom. The number of rotatable bonds is 12. The molecular formula is C118H92Ir4N8-8. The molecule has 8 nitrogen and oxygen atoms in total. The maximum Gasteiger partial charge on any atom is 0.0266 e. The molecule has 4 radical (unpaired) electrons. The van der Waals surface area contributed by atoms with Gasteiger partial charge in [0.2, 0.25) is 0 Å². The van der Waals surface area contributed by atoms with E-state index in [1.807, 2.05) is 374 Å². The van der Waals surface area contributed by atoms with Crippen molar-refractivity contribution in [3.8, 4) is 135 Å². The molecule has 0 unspecified atom stereocenters. The third-order valence-corrected chi connectivity index (χ3v) is 19.5. The van der Waals surface area contributed by atoms with E-state index in [0.717, 1.165) is 113 Å². The van der Waals surface area contributed by atoms with E-state index in [4.69, 9.17) is 0 Å². The maximum absolute atomic E-state index is 4.55. The second-order valence-electron chi connectivity index (χ2n) is 29.1. The molecule has 0 aliphatic heterocycles. The van der Waals surface area contributed by atoms with Crippen LogP contribution < -0.4 is 0 Å². The monoisotopic (exact) mass is 2390 g/mol. The average Bonchev–Trinajstić information content (AvgIpc) is 0.822. The molecule has 12 heteroatoms. The van der Waals surface area contributed by atoms with Crippen LogP contribution in [0.25, 0.3) is 135 Å². The predicted octanol–water partition coefficient (Wildman–Crippen LogP) is 28.9. The van der Waals surface area contributed by atoms with Crippen LogP contribution in [0.3, 0.4) is 0 Å². The van der Waals surface area contributed by atoms with Gasteiger partial charge < -0.3 is 39.9 Å². The fourth-order valence-electron chi connectivity index (χ4n) is 13.0. The summed E-state index contributed by atoms with van der Waals surface area (Å²) in [5.74, 6) is 0. The van der Waals surface area contributed by atoms with Gasteiger partial charge in [-0.1, -0.05) is 223 Å². The smallest absolute Gasteiger partial charge is 0.0266 e. The van der Waals surface area contributed by atoms with Gasteiger partial charge in [0.25, 0.3) is 0 Å². The second kappa shape index (κ2) is 54.6. The molecule has 0 N–H and O–H groups in total. The minimum atomic E-state index is 0. The van der Waals surface area contributed by atoms with Gasteiger partial charge in [0.05, 0.1) is 0 Å². The summed E-state index contributed by atoms with van der Waals surface area (Å²) in [4.78, 5) is 35.3. The number of pyridine rings is 8. The largest absolute Gasteiger partial charge is 0.305 e. The number of aryl methyl sites for hydroxylation is 6. The van der Waals surface area contributed by atoms with Crippen molar-refractivity contribution in [2.24, 2.45) is 0 Å². The second-order valence-corrected chi connectivity index (χ2v) is 29.1. The number of aromatic nitrogens is 8. The van der Waals surface area contributed by atoms with E-state index in [-0.39, 0.29) is 80.4 Å². The number of benzene rings is 12. The van der Waals surface area contributed by atoms with Crippen molar-refractivity contribution in [1.82, 2.24) is 39.9 Å². The van der Waals surface area contributed by atoms with Crippen molar-refractivity contribution >= 4 is 0 Å². The van der Waals surface area contributed by atoms with Gasteiger partial charge in [-0.2, -0.15) is 0 Å². The van der Waals surface area contributed by atoms with E-state index in [0.29, 0.717) is 0 Å². The summed E-state index contributed by atoms with van der Waals surface area (Å²) in [6.07, 6.45) is 9.37. The fourth-order valence-corrected chi connectivity index (χ4v) is 13.0. The summed E-state index contributed by atoms with van der Waals surface area (Å²) >= 11 is 0. The first-order chi connectivity index (χ1) is 62.0. The number of nitrogens with zero attached hydrogens (tertiary/aromatic N) is 8. The first-order valence-electron chi connectivity index (χ1n) is 41.6. The van der Waals surface area contributed by atoms with Crippen LogP contribution in [0, 0.1) is 90.1 Å². The molecule has 0 saturated heterocycles. The van der Waals surface area contributed by atoms with Crippen molar-refractivity contribution in [2.75, 3.05) is 0 Å². The number of hydrogen-bond acceptors (Lipinski definition) is 8. The normalized spacial score (nSPS) is 9.83. The Bertz CT molecular complexity index is 6270. The van der Waals surface area contributed by atoms with E-state index in [1.54, 1.807) is 6.20 Å². The van der Waals surface area contributed by atoms with E-state index < -0.39 is 0 Å².